The van der Waals surface area contributed by atoms with Crippen molar-refractivity contribution in [3.05, 3.63) is 12.7 Å². The summed E-state index contributed by atoms with van der Waals surface area (Å²) in [6, 6.07) is 0. The quantitative estimate of drug-likeness (QED) is 0.643. The summed E-state index contributed by atoms with van der Waals surface area (Å²) >= 11 is 0. The van der Waals surface area contributed by atoms with Gasteiger partial charge in [-0.05, 0) is 56.3 Å². The maximum Gasteiger partial charge on any atom is 0.142 e. The van der Waals surface area contributed by atoms with Crippen molar-refractivity contribution in [1.82, 2.24) is 0 Å². The Hall–Kier alpha value is -0.630. The van der Waals surface area contributed by atoms with Crippen molar-refractivity contribution in [3.8, 4) is 0 Å². The highest BCUT2D eigenvalue weighted by Crippen LogP contribution is 2.64. The van der Waals surface area contributed by atoms with E-state index in [1.165, 1.54) is 25.7 Å². The second-order valence-electron chi connectivity index (χ2n) is 9.45. The van der Waals surface area contributed by atoms with Gasteiger partial charge in [0.1, 0.15) is 5.78 Å². The first-order valence-corrected chi connectivity index (χ1v) is 8.93. The second kappa shape index (κ2) is 4.69. The van der Waals surface area contributed by atoms with Crippen LogP contribution >= 0.6 is 0 Å². The number of rotatable bonds is 1. The third-order valence-electron chi connectivity index (χ3n) is 7.22. The molecule has 2 aliphatic carbocycles. The molecule has 0 aromatic rings. The van der Waals surface area contributed by atoms with Gasteiger partial charge in [-0.2, -0.15) is 0 Å². The average Bonchev–Trinajstić information content (AvgIpc) is 2.35. The fraction of sp³-hybridized carbons (Fsp3) is 0.850. The van der Waals surface area contributed by atoms with Gasteiger partial charge in [0.2, 0.25) is 0 Å². The van der Waals surface area contributed by atoms with E-state index in [9.17, 15) is 4.79 Å². The number of hydrogen-bond acceptors (Lipinski definition) is 2. The molecule has 2 heteroatoms. The van der Waals surface area contributed by atoms with Crippen LogP contribution in [0.25, 0.3) is 0 Å². The van der Waals surface area contributed by atoms with Gasteiger partial charge in [0.25, 0.3) is 0 Å². The molecule has 3 fully saturated rings. The molecule has 3 aliphatic rings. The number of ether oxygens (including phenoxy) is 1. The molecule has 2 nitrogen and oxygen atoms in total. The Morgan fingerprint density at radius 3 is 2.45 bits per heavy atom. The SMILES string of the molecule is C=C[C@@]1(C)CC(=O)C2[C@@](C)(CC[C@H]3C(C)(C)CCC[C@]23C)O1. The molecular weight excluding hydrogens is 272 g/mol. The van der Waals surface area contributed by atoms with Crippen molar-refractivity contribution in [2.75, 3.05) is 0 Å². The molecule has 2 saturated carbocycles. The number of carbonyl (C=O) groups excluding carboxylic acids is 1. The van der Waals surface area contributed by atoms with E-state index in [1.54, 1.807) is 0 Å². The van der Waals surface area contributed by atoms with Gasteiger partial charge >= 0.3 is 0 Å². The molecule has 1 unspecified atom stereocenters. The van der Waals surface area contributed by atoms with E-state index >= 15 is 0 Å². The Morgan fingerprint density at radius 2 is 1.82 bits per heavy atom. The van der Waals surface area contributed by atoms with Crippen LogP contribution in [0.5, 0.6) is 0 Å². The maximum absolute atomic E-state index is 13.2. The van der Waals surface area contributed by atoms with E-state index in [1.807, 2.05) is 13.0 Å². The second-order valence-corrected chi connectivity index (χ2v) is 9.45. The summed E-state index contributed by atoms with van der Waals surface area (Å²) < 4.78 is 6.53. The minimum atomic E-state index is -0.490. The van der Waals surface area contributed by atoms with Crippen LogP contribution in [0.4, 0.5) is 0 Å². The van der Waals surface area contributed by atoms with Crippen molar-refractivity contribution < 1.29 is 9.53 Å². The summed E-state index contributed by atoms with van der Waals surface area (Å²) in [6.45, 7) is 15.3. The van der Waals surface area contributed by atoms with Crippen LogP contribution in [0, 0.1) is 22.7 Å². The van der Waals surface area contributed by atoms with E-state index < -0.39 is 5.60 Å². The summed E-state index contributed by atoms with van der Waals surface area (Å²) in [6.07, 6.45) is 8.18. The van der Waals surface area contributed by atoms with Gasteiger partial charge in [-0.1, -0.05) is 33.3 Å². The molecule has 3 rings (SSSR count). The molecule has 0 amide bonds. The summed E-state index contributed by atoms with van der Waals surface area (Å²) in [5.41, 5.74) is -0.380. The summed E-state index contributed by atoms with van der Waals surface area (Å²) in [7, 11) is 0. The van der Waals surface area contributed by atoms with Crippen LogP contribution in [-0.4, -0.2) is 17.0 Å². The van der Waals surface area contributed by atoms with E-state index in [4.69, 9.17) is 4.74 Å². The Labute approximate surface area is 135 Å². The predicted octanol–water partition coefficient (Wildman–Crippen LogP) is 4.92. The maximum atomic E-state index is 13.2. The molecule has 0 radical (unpaired) electrons. The minimum Gasteiger partial charge on any atom is -0.364 e. The van der Waals surface area contributed by atoms with Crippen molar-refractivity contribution in [3.63, 3.8) is 0 Å². The van der Waals surface area contributed by atoms with E-state index in [0.717, 1.165) is 6.42 Å². The summed E-state index contributed by atoms with van der Waals surface area (Å²) in [5.74, 6) is 1.08. The lowest BCUT2D eigenvalue weighted by Crippen LogP contribution is -2.65. The number of Topliss-reactive ketones (excluding diaryl/α,β-unsaturated/α-hetero) is 1. The first-order valence-electron chi connectivity index (χ1n) is 8.93. The third-order valence-corrected chi connectivity index (χ3v) is 7.22. The van der Waals surface area contributed by atoms with Gasteiger partial charge in [-0.3, -0.25) is 4.79 Å². The lowest BCUT2D eigenvalue weighted by molar-refractivity contribution is -0.240. The molecule has 5 atom stereocenters. The number of ketones is 1. The van der Waals surface area contributed by atoms with Gasteiger partial charge < -0.3 is 4.74 Å². The van der Waals surface area contributed by atoms with Gasteiger partial charge in [-0.15, -0.1) is 6.58 Å². The molecule has 22 heavy (non-hydrogen) atoms. The molecule has 1 saturated heterocycles. The zero-order chi connectivity index (χ0) is 16.4. The summed E-state index contributed by atoms with van der Waals surface area (Å²) in [5, 5.41) is 0. The third kappa shape index (κ3) is 2.13. The van der Waals surface area contributed by atoms with Crippen LogP contribution < -0.4 is 0 Å². The molecule has 0 aromatic heterocycles. The fourth-order valence-electron chi connectivity index (χ4n) is 6.45. The van der Waals surface area contributed by atoms with Gasteiger partial charge in [0.15, 0.2) is 0 Å². The van der Waals surface area contributed by atoms with Gasteiger partial charge in [0, 0.05) is 6.42 Å². The normalized spacial score (nSPS) is 50.9. The van der Waals surface area contributed by atoms with Crippen LogP contribution in [0.1, 0.15) is 73.1 Å². The highest BCUT2D eigenvalue weighted by Gasteiger charge is 2.64. The molecule has 0 aromatic carbocycles. The highest BCUT2D eigenvalue weighted by molar-refractivity contribution is 5.85. The number of carbonyl (C=O) groups is 1. The monoisotopic (exact) mass is 304 g/mol. The Kier molecular flexibility index (Phi) is 3.46. The number of hydrogen-bond donors (Lipinski definition) is 0. The van der Waals surface area contributed by atoms with E-state index in [2.05, 4.69) is 34.3 Å². The zero-order valence-corrected chi connectivity index (χ0v) is 15.0. The zero-order valence-electron chi connectivity index (χ0n) is 15.0. The first-order chi connectivity index (χ1) is 10.1. The molecule has 0 spiro atoms. The standard InChI is InChI=1S/C20H32O2/c1-7-18(4)13-14(21)16-19(5)11-8-10-17(2,3)15(19)9-12-20(16,6)22-18/h7,15-16H,1,8-13H2,2-6H3/t15-,16?,18-,19-,20+/m0/s1. The smallest absolute Gasteiger partial charge is 0.142 e. The lowest BCUT2D eigenvalue weighted by Gasteiger charge is -2.64. The van der Waals surface area contributed by atoms with Crippen molar-refractivity contribution in [2.45, 2.75) is 84.3 Å². The van der Waals surface area contributed by atoms with Crippen molar-refractivity contribution in [2.24, 2.45) is 22.7 Å². The van der Waals surface area contributed by atoms with E-state index in [-0.39, 0.29) is 16.9 Å². The predicted molar refractivity (Wildman–Crippen MR) is 89.7 cm³/mol. The first kappa shape index (κ1) is 16.2. The highest BCUT2D eigenvalue weighted by atomic mass is 16.5. The molecular formula is C20H32O2. The minimum absolute atomic E-state index is 0.0475. The average molecular weight is 304 g/mol. The largest absolute Gasteiger partial charge is 0.364 e. The van der Waals surface area contributed by atoms with Crippen LogP contribution in [0.2, 0.25) is 0 Å². The van der Waals surface area contributed by atoms with E-state index in [0.29, 0.717) is 23.5 Å². The molecule has 1 aliphatic heterocycles. The lowest BCUT2D eigenvalue weighted by atomic mass is 9.44. The molecule has 0 bridgehead atoms. The van der Waals surface area contributed by atoms with Crippen LogP contribution in [0.15, 0.2) is 12.7 Å². The van der Waals surface area contributed by atoms with Gasteiger partial charge in [-0.25, -0.2) is 0 Å². The molecule has 124 valence electrons. The van der Waals surface area contributed by atoms with Crippen molar-refractivity contribution in [1.29, 1.82) is 0 Å². The Morgan fingerprint density at radius 1 is 1.14 bits per heavy atom. The Bertz CT molecular complexity index is 508. The van der Waals surface area contributed by atoms with Crippen LogP contribution in [-0.2, 0) is 9.53 Å². The van der Waals surface area contributed by atoms with Gasteiger partial charge in [0.05, 0.1) is 17.1 Å². The molecule has 0 N–H and O–H groups in total. The summed E-state index contributed by atoms with van der Waals surface area (Å²) in [4.78, 5) is 13.2. The fourth-order valence-corrected chi connectivity index (χ4v) is 6.45. The van der Waals surface area contributed by atoms with Crippen molar-refractivity contribution >= 4 is 5.78 Å². The Balaban J connectivity index is 2.03. The topological polar surface area (TPSA) is 26.3 Å². The van der Waals surface area contributed by atoms with Crippen LogP contribution in [0.3, 0.4) is 0 Å². The molecule has 1 heterocycles. The number of fused-ring (bicyclic) bond motifs is 3.